The molecule has 0 fully saturated rings. The molecule has 0 spiro atoms. The standard InChI is InChI=1S/C10H16N4/c1-7-12-9-4-6-14(2)5-3-8(9)10(11)13-7/h3-6H2,1-2H3,(H2,11,12,13). The number of rotatable bonds is 0. The van der Waals surface area contributed by atoms with E-state index in [4.69, 9.17) is 5.73 Å². The lowest BCUT2D eigenvalue weighted by Gasteiger charge is -2.10. The normalized spacial score (nSPS) is 17.6. The maximum absolute atomic E-state index is 5.89. The van der Waals surface area contributed by atoms with Crippen molar-refractivity contribution in [1.29, 1.82) is 0 Å². The molecule has 2 N–H and O–H groups in total. The Morgan fingerprint density at radius 2 is 1.93 bits per heavy atom. The summed E-state index contributed by atoms with van der Waals surface area (Å²) in [6.07, 6.45) is 1.96. The summed E-state index contributed by atoms with van der Waals surface area (Å²) in [5.41, 5.74) is 8.18. The number of anilines is 1. The molecule has 0 aromatic carbocycles. The summed E-state index contributed by atoms with van der Waals surface area (Å²) in [5.74, 6) is 1.45. The predicted octanol–water partition coefficient (Wildman–Crippen LogP) is 0.398. The molecule has 0 bridgehead atoms. The Morgan fingerprint density at radius 1 is 1.21 bits per heavy atom. The number of likely N-dealkylation sites (N-methyl/N-ethyl adjacent to an activating group) is 1. The fourth-order valence-corrected chi connectivity index (χ4v) is 1.87. The van der Waals surface area contributed by atoms with Gasteiger partial charge in [-0.3, -0.25) is 0 Å². The molecule has 0 aliphatic carbocycles. The number of nitrogens with two attached hydrogens (primary N) is 1. The number of hydrogen-bond donors (Lipinski definition) is 1. The second-order valence-electron chi connectivity index (χ2n) is 3.88. The summed E-state index contributed by atoms with van der Waals surface area (Å²) >= 11 is 0. The highest BCUT2D eigenvalue weighted by atomic mass is 15.1. The van der Waals surface area contributed by atoms with E-state index in [2.05, 4.69) is 21.9 Å². The summed E-state index contributed by atoms with van der Waals surface area (Å²) in [6.45, 7) is 4.00. The third-order valence-corrected chi connectivity index (χ3v) is 2.71. The van der Waals surface area contributed by atoms with Gasteiger partial charge in [0, 0.05) is 25.1 Å². The van der Waals surface area contributed by atoms with Crippen LogP contribution in [-0.2, 0) is 12.8 Å². The van der Waals surface area contributed by atoms with Crippen LogP contribution in [0.15, 0.2) is 0 Å². The molecular weight excluding hydrogens is 176 g/mol. The average Bonchev–Trinajstić information content (AvgIpc) is 2.28. The topological polar surface area (TPSA) is 55.0 Å². The van der Waals surface area contributed by atoms with E-state index in [1.54, 1.807) is 0 Å². The van der Waals surface area contributed by atoms with E-state index in [0.29, 0.717) is 5.82 Å². The Balaban J connectivity index is 2.40. The van der Waals surface area contributed by atoms with Crippen LogP contribution in [0, 0.1) is 6.92 Å². The van der Waals surface area contributed by atoms with E-state index in [9.17, 15) is 0 Å². The Hall–Kier alpha value is -1.16. The number of aromatic nitrogens is 2. The fourth-order valence-electron chi connectivity index (χ4n) is 1.87. The fraction of sp³-hybridized carbons (Fsp3) is 0.600. The van der Waals surface area contributed by atoms with Crippen molar-refractivity contribution in [2.75, 3.05) is 25.9 Å². The van der Waals surface area contributed by atoms with Gasteiger partial charge in [-0.2, -0.15) is 0 Å². The zero-order chi connectivity index (χ0) is 10.1. The zero-order valence-corrected chi connectivity index (χ0v) is 8.75. The second-order valence-corrected chi connectivity index (χ2v) is 3.88. The lowest BCUT2D eigenvalue weighted by molar-refractivity contribution is 0.352. The van der Waals surface area contributed by atoms with Crippen molar-refractivity contribution in [1.82, 2.24) is 14.9 Å². The molecule has 1 aliphatic heterocycles. The molecule has 4 heteroatoms. The van der Waals surface area contributed by atoms with Crippen LogP contribution >= 0.6 is 0 Å². The maximum Gasteiger partial charge on any atom is 0.130 e. The average molecular weight is 192 g/mol. The minimum atomic E-state index is 0.669. The number of hydrogen-bond acceptors (Lipinski definition) is 4. The first-order valence-electron chi connectivity index (χ1n) is 4.97. The highest BCUT2D eigenvalue weighted by Crippen LogP contribution is 2.18. The molecule has 0 amide bonds. The smallest absolute Gasteiger partial charge is 0.130 e. The van der Waals surface area contributed by atoms with Crippen LogP contribution < -0.4 is 5.73 Å². The monoisotopic (exact) mass is 192 g/mol. The molecule has 14 heavy (non-hydrogen) atoms. The number of nitrogens with zero attached hydrogens (tertiary/aromatic N) is 3. The van der Waals surface area contributed by atoms with Crippen LogP contribution in [0.3, 0.4) is 0 Å². The van der Waals surface area contributed by atoms with Gasteiger partial charge in [0.25, 0.3) is 0 Å². The van der Waals surface area contributed by atoms with Crippen LogP contribution in [-0.4, -0.2) is 35.0 Å². The lowest BCUT2D eigenvalue weighted by atomic mass is 10.1. The summed E-state index contributed by atoms with van der Waals surface area (Å²) in [7, 11) is 2.13. The van der Waals surface area contributed by atoms with Gasteiger partial charge in [0.1, 0.15) is 11.6 Å². The van der Waals surface area contributed by atoms with E-state index < -0.39 is 0 Å². The Labute approximate surface area is 84.2 Å². The quantitative estimate of drug-likeness (QED) is 0.646. The summed E-state index contributed by atoms with van der Waals surface area (Å²) in [4.78, 5) is 11.0. The van der Waals surface area contributed by atoms with Crippen LogP contribution in [0.2, 0.25) is 0 Å². The summed E-state index contributed by atoms with van der Waals surface area (Å²) in [6, 6.07) is 0. The summed E-state index contributed by atoms with van der Waals surface area (Å²) < 4.78 is 0. The molecule has 0 saturated carbocycles. The molecule has 1 aromatic rings. The minimum Gasteiger partial charge on any atom is -0.383 e. The third kappa shape index (κ3) is 1.70. The van der Waals surface area contributed by atoms with Gasteiger partial charge in [-0.25, -0.2) is 9.97 Å². The van der Waals surface area contributed by atoms with Crippen molar-refractivity contribution in [3.63, 3.8) is 0 Å². The molecule has 0 unspecified atom stereocenters. The van der Waals surface area contributed by atoms with Crippen LogP contribution in [0.4, 0.5) is 5.82 Å². The maximum atomic E-state index is 5.89. The zero-order valence-electron chi connectivity index (χ0n) is 8.75. The van der Waals surface area contributed by atoms with Crippen molar-refractivity contribution >= 4 is 5.82 Å². The second kappa shape index (κ2) is 3.53. The molecule has 0 radical (unpaired) electrons. The first-order chi connectivity index (χ1) is 6.66. The number of nitrogen functional groups attached to an aromatic ring is 1. The molecule has 1 aromatic heterocycles. The van der Waals surface area contributed by atoms with Gasteiger partial charge in [0.2, 0.25) is 0 Å². The lowest BCUT2D eigenvalue weighted by Crippen LogP contribution is -2.20. The van der Waals surface area contributed by atoms with E-state index >= 15 is 0 Å². The van der Waals surface area contributed by atoms with E-state index in [0.717, 1.165) is 43.0 Å². The number of fused-ring (bicyclic) bond motifs is 1. The first-order valence-corrected chi connectivity index (χ1v) is 4.97. The van der Waals surface area contributed by atoms with Crippen molar-refractivity contribution in [3.05, 3.63) is 17.1 Å². The Bertz CT molecular complexity index is 348. The van der Waals surface area contributed by atoms with Gasteiger partial charge in [-0.15, -0.1) is 0 Å². The molecule has 76 valence electrons. The van der Waals surface area contributed by atoms with E-state index in [-0.39, 0.29) is 0 Å². The van der Waals surface area contributed by atoms with Crippen LogP contribution in [0.25, 0.3) is 0 Å². The molecule has 2 heterocycles. The minimum absolute atomic E-state index is 0.669. The van der Waals surface area contributed by atoms with Gasteiger partial charge in [0.15, 0.2) is 0 Å². The summed E-state index contributed by atoms with van der Waals surface area (Å²) in [5, 5.41) is 0. The molecule has 2 rings (SSSR count). The Morgan fingerprint density at radius 3 is 2.71 bits per heavy atom. The molecule has 1 aliphatic rings. The molecule has 4 nitrogen and oxygen atoms in total. The largest absolute Gasteiger partial charge is 0.383 e. The first kappa shape index (κ1) is 9.40. The van der Waals surface area contributed by atoms with Crippen molar-refractivity contribution in [2.24, 2.45) is 0 Å². The predicted molar refractivity (Wildman–Crippen MR) is 56.1 cm³/mol. The van der Waals surface area contributed by atoms with Crippen molar-refractivity contribution < 1.29 is 0 Å². The van der Waals surface area contributed by atoms with E-state index in [1.165, 1.54) is 0 Å². The van der Waals surface area contributed by atoms with Gasteiger partial charge in [-0.1, -0.05) is 0 Å². The van der Waals surface area contributed by atoms with E-state index in [1.807, 2.05) is 6.92 Å². The van der Waals surface area contributed by atoms with Gasteiger partial charge >= 0.3 is 0 Å². The third-order valence-electron chi connectivity index (χ3n) is 2.71. The number of aryl methyl sites for hydroxylation is 1. The molecule has 0 atom stereocenters. The van der Waals surface area contributed by atoms with Gasteiger partial charge < -0.3 is 10.6 Å². The van der Waals surface area contributed by atoms with Gasteiger partial charge in [0.05, 0.1) is 5.69 Å². The highest BCUT2D eigenvalue weighted by Gasteiger charge is 2.15. The Kier molecular flexibility index (Phi) is 2.37. The SMILES string of the molecule is Cc1nc(N)c2c(n1)CCN(C)CC2. The van der Waals surface area contributed by atoms with Crippen LogP contribution in [0.1, 0.15) is 17.1 Å². The van der Waals surface area contributed by atoms with Gasteiger partial charge in [-0.05, 0) is 20.4 Å². The molecular formula is C10H16N4. The van der Waals surface area contributed by atoms with Crippen molar-refractivity contribution in [2.45, 2.75) is 19.8 Å². The molecule has 0 saturated heterocycles. The highest BCUT2D eigenvalue weighted by molar-refractivity contribution is 5.43. The van der Waals surface area contributed by atoms with Crippen molar-refractivity contribution in [3.8, 4) is 0 Å². The van der Waals surface area contributed by atoms with Crippen LogP contribution in [0.5, 0.6) is 0 Å².